The Morgan fingerprint density at radius 3 is 1.96 bits per heavy atom. The van der Waals surface area contributed by atoms with Gasteiger partial charge in [0.15, 0.2) is 0 Å². The van der Waals surface area contributed by atoms with E-state index in [-0.39, 0.29) is 17.5 Å². The van der Waals surface area contributed by atoms with E-state index in [4.69, 9.17) is 28.1 Å². The van der Waals surface area contributed by atoms with Crippen molar-refractivity contribution in [3.05, 3.63) is 71.3 Å². The van der Waals surface area contributed by atoms with Crippen LogP contribution < -0.4 is 16.4 Å². The van der Waals surface area contributed by atoms with Crippen LogP contribution in [0.2, 0.25) is 0 Å². The van der Waals surface area contributed by atoms with Gasteiger partial charge < -0.3 is 25.8 Å². The number of amides is 4. The fourth-order valence-corrected chi connectivity index (χ4v) is 4.22. The lowest BCUT2D eigenvalue weighted by Gasteiger charge is -2.32. The van der Waals surface area contributed by atoms with Crippen LogP contribution in [0.25, 0.3) is 0 Å². The highest BCUT2D eigenvalue weighted by atomic mass is 16.6. The van der Waals surface area contributed by atoms with Crippen LogP contribution in [0.3, 0.4) is 0 Å². The summed E-state index contributed by atoms with van der Waals surface area (Å²) in [7, 11) is 0. The molecule has 3 atom stereocenters. The molecule has 0 saturated carbocycles. The molecule has 11 heteroatoms. The van der Waals surface area contributed by atoms with E-state index in [0.29, 0.717) is 4.90 Å². The number of hydrogen-bond acceptors (Lipinski definition) is 7. The molecule has 0 spiro atoms. The largest absolute Gasteiger partial charge is 0.458 e. The number of carbonyl (C=O) groups is 5. The highest BCUT2D eigenvalue weighted by molar-refractivity contribution is 5.96. The summed E-state index contributed by atoms with van der Waals surface area (Å²) in [6.45, 7) is 9.89. The molecular formula is C34H40N4O7. The third-order valence-corrected chi connectivity index (χ3v) is 5.98. The lowest BCUT2D eigenvalue weighted by atomic mass is 9.97. The Labute approximate surface area is 264 Å². The minimum absolute atomic E-state index is 0.0551. The van der Waals surface area contributed by atoms with E-state index in [1.165, 1.54) is 6.07 Å². The van der Waals surface area contributed by atoms with Gasteiger partial charge in [-0.05, 0) is 53.2 Å². The smallest absolute Gasteiger partial charge is 0.408 e. The van der Waals surface area contributed by atoms with Crippen molar-refractivity contribution in [3.8, 4) is 24.8 Å². The summed E-state index contributed by atoms with van der Waals surface area (Å²) < 4.78 is 10.8. The molecule has 2 aromatic carbocycles. The first-order chi connectivity index (χ1) is 21.0. The average molecular weight is 617 g/mol. The number of hydrogen-bond donors (Lipinski definition) is 3. The molecule has 2 rings (SSSR count). The number of ether oxygens (including phenoxy) is 2. The van der Waals surface area contributed by atoms with E-state index < -0.39 is 65.5 Å². The van der Waals surface area contributed by atoms with Gasteiger partial charge in [-0.25, -0.2) is 9.59 Å². The van der Waals surface area contributed by atoms with Gasteiger partial charge in [0.25, 0.3) is 5.91 Å². The number of primary amides is 1. The lowest BCUT2D eigenvalue weighted by molar-refractivity contribution is -0.159. The zero-order chi connectivity index (χ0) is 33.9. The Morgan fingerprint density at radius 2 is 1.42 bits per heavy atom. The van der Waals surface area contributed by atoms with Crippen molar-refractivity contribution in [2.45, 2.75) is 83.7 Å². The number of carbonyl (C=O) groups excluding carboxylic acids is 5. The third-order valence-electron chi connectivity index (χ3n) is 5.98. The Balaban J connectivity index is 2.61. The molecule has 2 aromatic rings. The average Bonchev–Trinajstić information content (AvgIpc) is 2.93. The molecule has 0 aliphatic rings. The lowest BCUT2D eigenvalue weighted by Crippen LogP contribution is -2.54. The maximum atomic E-state index is 14.2. The van der Waals surface area contributed by atoms with Crippen LogP contribution in [-0.4, -0.2) is 58.0 Å². The number of esters is 1. The Bertz CT molecular complexity index is 1480. The minimum atomic E-state index is -1.61. The van der Waals surface area contributed by atoms with Gasteiger partial charge in [0.2, 0.25) is 11.8 Å². The summed E-state index contributed by atoms with van der Waals surface area (Å²) in [4.78, 5) is 66.6. The van der Waals surface area contributed by atoms with Crippen LogP contribution in [0.15, 0.2) is 54.6 Å². The maximum absolute atomic E-state index is 14.2. The van der Waals surface area contributed by atoms with Gasteiger partial charge in [0, 0.05) is 23.6 Å². The van der Waals surface area contributed by atoms with Crippen LogP contribution in [0.5, 0.6) is 0 Å². The molecular weight excluding hydrogens is 576 g/mol. The number of terminal acetylenes is 2. The van der Waals surface area contributed by atoms with Crippen molar-refractivity contribution in [2.75, 3.05) is 0 Å². The molecule has 238 valence electrons. The number of nitrogens with two attached hydrogens (primary N) is 1. The first kappa shape index (κ1) is 35.9. The zero-order valence-electron chi connectivity index (χ0n) is 26.4. The van der Waals surface area contributed by atoms with Crippen LogP contribution in [0.4, 0.5) is 4.79 Å². The third kappa shape index (κ3) is 11.4. The minimum Gasteiger partial charge on any atom is -0.458 e. The van der Waals surface area contributed by atoms with E-state index in [1.807, 2.05) is 6.07 Å². The molecule has 0 saturated heterocycles. The van der Waals surface area contributed by atoms with E-state index >= 15 is 0 Å². The zero-order valence-corrected chi connectivity index (χ0v) is 26.4. The summed E-state index contributed by atoms with van der Waals surface area (Å²) in [6, 6.07) is 13.0. The monoisotopic (exact) mass is 616 g/mol. The normalized spacial score (nSPS) is 13.1. The molecule has 45 heavy (non-hydrogen) atoms. The highest BCUT2D eigenvalue weighted by Gasteiger charge is 2.39. The second-order valence-corrected chi connectivity index (χ2v) is 12.1. The molecule has 0 aliphatic heterocycles. The van der Waals surface area contributed by atoms with Crippen LogP contribution in [-0.2, 0) is 35.1 Å². The van der Waals surface area contributed by atoms with Crippen molar-refractivity contribution in [2.24, 2.45) is 5.73 Å². The summed E-state index contributed by atoms with van der Waals surface area (Å²) in [5, 5.41) is 5.00. The molecule has 11 nitrogen and oxygen atoms in total. The fraction of sp³-hybridized carbons (Fsp3) is 0.382. The van der Waals surface area contributed by atoms with Crippen molar-refractivity contribution < 1.29 is 33.4 Å². The quantitative estimate of drug-likeness (QED) is 0.199. The number of benzene rings is 2. The van der Waals surface area contributed by atoms with Crippen molar-refractivity contribution in [1.82, 2.24) is 15.5 Å². The first-order valence-electron chi connectivity index (χ1n) is 14.2. The van der Waals surface area contributed by atoms with Crippen LogP contribution >= 0.6 is 0 Å². The predicted molar refractivity (Wildman–Crippen MR) is 168 cm³/mol. The van der Waals surface area contributed by atoms with Gasteiger partial charge in [-0.2, -0.15) is 0 Å². The molecule has 0 radical (unpaired) electrons. The summed E-state index contributed by atoms with van der Waals surface area (Å²) in [5.41, 5.74) is 4.69. The standard InChI is InChI=1S/C34H40N4O7/c1-9-23-18-14-15-19-24(23)28(38(10-2)30(41)25(21-27(35)39)37-32(43)45-34(6,7)8)29(40)36-26(31(42)44-33(3,4)5)20-22-16-12-11-13-17-22/h1-2,11-19,25-26,28H,20-21H2,3-8H3,(H2,35,39)(H,36,40)(H,37,43). The Hall–Kier alpha value is -5.29. The molecule has 0 fully saturated rings. The molecule has 0 heterocycles. The fourth-order valence-electron chi connectivity index (χ4n) is 4.22. The van der Waals surface area contributed by atoms with E-state index in [1.54, 1.807) is 84.0 Å². The second-order valence-electron chi connectivity index (χ2n) is 12.1. The summed E-state index contributed by atoms with van der Waals surface area (Å²) in [5.74, 6) is -1.07. The Kier molecular flexibility index (Phi) is 12.3. The van der Waals surface area contributed by atoms with Crippen LogP contribution in [0.1, 0.15) is 70.7 Å². The highest BCUT2D eigenvalue weighted by Crippen LogP contribution is 2.26. The molecule has 4 amide bonds. The topological polar surface area (TPSA) is 157 Å². The van der Waals surface area contributed by atoms with Crippen LogP contribution in [0, 0.1) is 24.8 Å². The van der Waals surface area contributed by atoms with E-state index in [9.17, 15) is 24.0 Å². The van der Waals surface area contributed by atoms with Gasteiger partial charge in [-0.1, -0.05) is 60.9 Å². The SMILES string of the molecule is C#Cc1ccccc1C(C(=O)NC(Cc1ccccc1)C(=O)OC(C)(C)C)N(C#C)C(=O)C(CC(N)=O)NC(=O)OC(C)(C)C. The Morgan fingerprint density at radius 1 is 0.844 bits per heavy atom. The number of nitrogens with zero attached hydrogens (tertiary/aromatic N) is 1. The van der Waals surface area contributed by atoms with Gasteiger partial charge in [-0.3, -0.25) is 19.3 Å². The van der Waals surface area contributed by atoms with Gasteiger partial charge >= 0.3 is 12.1 Å². The summed E-state index contributed by atoms with van der Waals surface area (Å²) in [6.07, 6.45) is 9.93. The predicted octanol–water partition coefficient (Wildman–Crippen LogP) is 2.97. The number of nitrogens with one attached hydrogen (secondary N) is 2. The van der Waals surface area contributed by atoms with Gasteiger partial charge in [0.05, 0.1) is 6.42 Å². The molecule has 0 aliphatic carbocycles. The van der Waals surface area contributed by atoms with E-state index in [2.05, 4.69) is 22.6 Å². The maximum Gasteiger partial charge on any atom is 0.408 e. The number of alkyl carbamates (subject to hydrolysis) is 1. The second kappa shape index (κ2) is 15.4. The summed E-state index contributed by atoms with van der Waals surface area (Å²) >= 11 is 0. The van der Waals surface area contributed by atoms with Gasteiger partial charge in [-0.15, -0.1) is 6.42 Å². The first-order valence-corrected chi connectivity index (χ1v) is 14.2. The molecule has 0 aromatic heterocycles. The van der Waals surface area contributed by atoms with E-state index in [0.717, 1.165) is 5.56 Å². The molecule has 0 bridgehead atoms. The van der Waals surface area contributed by atoms with Crippen molar-refractivity contribution >= 4 is 29.8 Å². The van der Waals surface area contributed by atoms with Gasteiger partial charge in [0.1, 0.15) is 29.3 Å². The number of rotatable bonds is 11. The molecule has 4 N–H and O–H groups in total. The van der Waals surface area contributed by atoms with Crippen molar-refractivity contribution in [3.63, 3.8) is 0 Å². The molecule has 3 unspecified atom stereocenters. The van der Waals surface area contributed by atoms with Crippen molar-refractivity contribution in [1.29, 1.82) is 0 Å².